The Kier molecular flexibility index (Phi) is 9.60. The van der Waals surface area contributed by atoms with Crippen LogP contribution in [0.4, 0.5) is 11.4 Å². The van der Waals surface area contributed by atoms with E-state index in [1.54, 1.807) is 36.4 Å². The van der Waals surface area contributed by atoms with Crippen LogP contribution in [-0.2, 0) is 4.74 Å². The van der Waals surface area contributed by atoms with Gasteiger partial charge in [0.15, 0.2) is 6.79 Å². The number of nitro groups is 2. The normalized spacial score (nSPS) is 10.2. The van der Waals surface area contributed by atoms with E-state index in [1.807, 2.05) is 0 Å². The predicted octanol–water partition coefficient (Wildman–Crippen LogP) is 6.53. The average Bonchev–Trinajstić information content (AvgIpc) is 2.88. The van der Waals surface area contributed by atoms with Crippen LogP contribution in [0.15, 0.2) is 82.0 Å². The molecule has 190 valence electrons. The molecular formula is C24H18Br2N4O7. The van der Waals surface area contributed by atoms with Crippen molar-refractivity contribution in [2.75, 3.05) is 13.9 Å². The Balaban J connectivity index is 0.000000208. The Morgan fingerprint density at radius 2 is 1.24 bits per heavy atom. The molecule has 4 rings (SSSR count). The van der Waals surface area contributed by atoms with Crippen molar-refractivity contribution in [1.82, 2.24) is 9.97 Å². The van der Waals surface area contributed by atoms with Crippen molar-refractivity contribution < 1.29 is 24.4 Å². The fraction of sp³-hybridized carbons (Fsp3) is 0.0833. The van der Waals surface area contributed by atoms with Crippen molar-refractivity contribution in [3.63, 3.8) is 0 Å². The molecule has 0 aliphatic rings. The molecular weight excluding hydrogens is 616 g/mol. The number of halogens is 2. The highest BCUT2D eigenvalue weighted by Crippen LogP contribution is 2.32. The van der Waals surface area contributed by atoms with Crippen LogP contribution in [0.3, 0.4) is 0 Å². The highest BCUT2D eigenvalue weighted by atomic mass is 79.9. The summed E-state index contributed by atoms with van der Waals surface area (Å²) in [5.41, 5.74) is 1.70. The summed E-state index contributed by atoms with van der Waals surface area (Å²) in [4.78, 5) is 29.2. The molecule has 2 heterocycles. The summed E-state index contributed by atoms with van der Waals surface area (Å²) < 4.78 is 11.2. The number of pyridine rings is 2. The van der Waals surface area contributed by atoms with Gasteiger partial charge in [-0.15, -0.1) is 0 Å². The van der Waals surface area contributed by atoms with E-state index in [-0.39, 0.29) is 29.6 Å². The second-order valence-corrected chi connectivity index (χ2v) is 9.01. The van der Waals surface area contributed by atoms with Gasteiger partial charge in [-0.05, 0) is 80.4 Å². The van der Waals surface area contributed by atoms with E-state index in [0.717, 1.165) is 0 Å². The largest absolute Gasteiger partial charge is 0.508 e. The van der Waals surface area contributed by atoms with Gasteiger partial charge in [-0.25, -0.2) is 9.97 Å². The summed E-state index contributed by atoms with van der Waals surface area (Å²) in [6, 6.07) is 15.8. The zero-order chi connectivity index (χ0) is 26.9. The Morgan fingerprint density at radius 1 is 0.811 bits per heavy atom. The van der Waals surface area contributed by atoms with Crippen LogP contribution < -0.4 is 4.74 Å². The number of rotatable bonds is 7. The molecule has 11 nitrogen and oxygen atoms in total. The summed E-state index contributed by atoms with van der Waals surface area (Å²) >= 11 is 6.32. The lowest BCUT2D eigenvalue weighted by atomic mass is 10.1. The maximum absolute atomic E-state index is 11.1. The maximum Gasteiger partial charge on any atom is 0.296 e. The molecule has 2 aromatic carbocycles. The Labute approximate surface area is 227 Å². The fourth-order valence-electron chi connectivity index (χ4n) is 3.04. The predicted molar refractivity (Wildman–Crippen MR) is 142 cm³/mol. The molecule has 1 N–H and O–H groups in total. The number of hydrogen-bond donors (Lipinski definition) is 1. The molecule has 0 aliphatic carbocycles. The molecule has 0 bridgehead atoms. The number of benzene rings is 2. The number of nitrogens with zero attached hydrogens (tertiary/aromatic N) is 4. The van der Waals surface area contributed by atoms with Crippen LogP contribution >= 0.6 is 31.9 Å². The molecule has 0 radical (unpaired) electrons. The number of phenolic OH excluding ortho intramolecular Hbond substituents is 1. The Morgan fingerprint density at radius 3 is 1.65 bits per heavy atom. The second kappa shape index (κ2) is 12.9. The molecule has 37 heavy (non-hydrogen) atoms. The second-order valence-electron chi connectivity index (χ2n) is 7.18. The van der Waals surface area contributed by atoms with Crippen LogP contribution in [0.5, 0.6) is 11.5 Å². The van der Waals surface area contributed by atoms with Crippen molar-refractivity contribution in [3.8, 4) is 34.0 Å². The zero-order valence-electron chi connectivity index (χ0n) is 19.1. The smallest absolute Gasteiger partial charge is 0.296 e. The molecule has 0 unspecified atom stereocenters. The molecule has 0 aliphatic heterocycles. The standard InChI is InChI=1S/C13H11BrN2O4.C11H7BrN2O3/c1-19-8-20-11-4-2-9(3-5-11)13-12(16(17)18)6-10(14)7-15-13;12-8-5-10(14(16)17)11(13-6-8)7-1-3-9(15)4-2-7/h2-7H,8H2,1H3;1-6,15H. The van der Waals surface area contributed by atoms with Gasteiger partial charge in [0.2, 0.25) is 0 Å². The third-order valence-corrected chi connectivity index (χ3v) is 5.54. The number of aromatic hydroxyl groups is 1. The number of aromatic nitrogens is 2. The Bertz CT molecular complexity index is 1400. The number of hydrogen-bond acceptors (Lipinski definition) is 9. The van der Waals surface area contributed by atoms with E-state index in [1.165, 1.54) is 43.8 Å². The highest BCUT2D eigenvalue weighted by molar-refractivity contribution is 9.10. The van der Waals surface area contributed by atoms with Gasteiger partial charge in [0.1, 0.15) is 22.9 Å². The van der Waals surface area contributed by atoms with E-state index in [4.69, 9.17) is 14.6 Å². The van der Waals surface area contributed by atoms with Crippen LogP contribution in [0.1, 0.15) is 0 Å². The number of phenols is 1. The summed E-state index contributed by atoms with van der Waals surface area (Å²) in [7, 11) is 1.53. The first-order valence-corrected chi connectivity index (χ1v) is 11.9. The molecule has 0 saturated heterocycles. The summed E-state index contributed by atoms with van der Waals surface area (Å²) in [5, 5.41) is 31.1. The number of methoxy groups -OCH3 is 1. The molecule has 0 spiro atoms. The summed E-state index contributed by atoms with van der Waals surface area (Å²) in [6.45, 7) is 0.149. The van der Waals surface area contributed by atoms with Crippen molar-refractivity contribution in [2.24, 2.45) is 0 Å². The molecule has 4 aromatic rings. The SMILES string of the molecule is COCOc1ccc(-c2ncc(Br)cc2[N+](=O)[O-])cc1.O=[N+]([O-])c1cc(Br)cnc1-c1ccc(O)cc1. The molecule has 2 aromatic heterocycles. The van der Waals surface area contributed by atoms with Gasteiger partial charge in [-0.2, -0.15) is 0 Å². The molecule has 0 saturated carbocycles. The van der Waals surface area contributed by atoms with Crippen LogP contribution in [0, 0.1) is 20.2 Å². The van der Waals surface area contributed by atoms with Gasteiger partial charge in [-0.1, -0.05) is 0 Å². The number of ether oxygens (including phenoxy) is 2. The van der Waals surface area contributed by atoms with Gasteiger partial charge < -0.3 is 14.6 Å². The van der Waals surface area contributed by atoms with Gasteiger partial charge in [0.25, 0.3) is 11.4 Å². The average molecular weight is 634 g/mol. The van der Waals surface area contributed by atoms with E-state index < -0.39 is 9.85 Å². The van der Waals surface area contributed by atoms with Crippen LogP contribution in [0.2, 0.25) is 0 Å². The van der Waals surface area contributed by atoms with E-state index in [0.29, 0.717) is 31.5 Å². The van der Waals surface area contributed by atoms with Crippen LogP contribution in [0.25, 0.3) is 22.5 Å². The quantitative estimate of drug-likeness (QED) is 0.136. The monoisotopic (exact) mass is 632 g/mol. The zero-order valence-corrected chi connectivity index (χ0v) is 22.2. The summed E-state index contributed by atoms with van der Waals surface area (Å²) in [5.74, 6) is 0.726. The first kappa shape index (κ1) is 27.6. The van der Waals surface area contributed by atoms with Gasteiger partial charge in [0, 0.05) is 51.7 Å². The first-order valence-electron chi connectivity index (χ1n) is 10.3. The molecule has 0 atom stereocenters. The van der Waals surface area contributed by atoms with E-state index in [2.05, 4.69) is 41.8 Å². The lowest BCUT2D eigenvalue weighted by Gasteiger charge is -2.06. The van der Waals surface area contributed by atoms with E-state index >= 15 is 0 Å². The third-order valence-electron chi connectivity index (χ3n) is 4.67. The maximum atomic E-state index is 11.1. The van der Waals surface area contributed by atoms with Crippen molar-refractivity contribution in [2.45, 2.75) is 0 Å². The third kappa shape index (κ3) is 7.52. The first-order chi connectivity index (χ1) is 17.7. The topological polar surface area (TPSA) is 151 Å². The fourth-order valence-corrected chi connectivity index (χ4v) is 3.67. The van der Waals surface area contributed by atoms with E-state index in [9.17, 15) is 20.2 Å². The van der Waals surface area contributed by atoms with Gasteiger partial charge >= 0.3 is 0 Å². The minimum atomic E-state index is -0.486. The summed E-state index contributed by atoms with van der Waals surface area (Å²) in [6.07, 6.45) is 3.02. The van der Waals surface area contributed by atoms with Crippen molar-refractivity contribution in [1.29, 1.82) is 0 Å². The molecule has 13 heteroatoms. The Hall–Kier alpha value is -3.94. The lowest BCUT2D eigenvalue weighted by molar-refractivity contribution is -0.384. The van der Waals surface area contributed by atoms with Crippen LogP contribution in [-0.4, -0.2) is 38.8 Å². The van der Waals surface area contributed by atoms with Crippen molar-refractivity contribution in [3.05, 3.63) is 102 Å². The van der Waals surface area contributed by atoms with Gasteiger partial charge in [-0.3, -0.25) is 20.2 Å². The minimum Gasteiger partial charge on any atom is -0.508 e. The minimum absolute atomic E-state index is 0.0510. The molecule has 0 fully saturated rings. The van der Waals surface area contributed by atoms with Crippen molar-refractivity contribution >= 4 is 43.2 Å². The lowest BCUT2D eigenvalue weighted by Crippen LogP contribution is -1.99. The highest BCUT2D eigenvalue weighted by Gasteiger charge is 2.18. The molecule has 0 amide bonds. The van der Waals surface area contributed by atoms with Gasteiger partial charge in [0.05, 0.1) is 9.85 Å².